The molecule has 294 valence electrons. The van der Waals surface area contributed by atoms with Gasteiger partial charge in [0.2, 0.25) is 0 Å². The van der Waals surface area contributed by atoms with Gasteiger partial charge >= 0.3 is 0 Å². The van der Waals surface area contributed by atoms with Gasteiger partial charge in [0.1, 0.15) is 0 Å². The van der Waals surface area contributed by atoms with Crippen LogP contribution in [0.25, 0.3) is 116 Å². The summed E-state index contributed by atoms with van der Waals surface area (Å²) in [7, 11) is 0. The maximum absolute atomic E-state index is 5.41. The molecule has 0 fully saturated rings. The lowest BCUT2D eigenvalue weighted by Crippen LogP contribution is -1.99. The largest absolute Gasteiger partial charge is 0.309 e. The maximum atomic E-state index is 5.41. The molecule has 0 spiro atoms. The van der Waals surface area contributed by atoms with Crippen molar-refractivity contribution in [3.05, 3.63) is 237 Å². The van der Waals surface area contributed by atoms with E-state index in [0.717, 1.165) is 55.9 Å². The first kappa shape index (κ1) is 36.5. The van der Waals surface area contributed by atoms with Crippen LogP contribution in [0.4, 0.5) is 0 Å². The number of benzene rings is 10. The van der Waals surface area contributed by atoms with Crippen LogP contribution in [0.5, 0.6) is 0 Å². The predicted molar refractivity (Wildman–Crippen MR) is 264 cm³/mol. The second kappa shape index (κ2) is 15.3. The van der Waals surface area contributed by atoms with Crippen LogP contribution in [0.2, 0.25) is 0 Å². The minimum atomic E-state index is 0.681. The molecular weight excluding hydrogens is 763 g/mol. The zero-order valence-corrected chi connectivity index (χ0v) is 34.4. The molecule has 3 heteroatoms. The van der Waals surface area contributed by atoms with E-state index in [1.165, 1.54) is 54.6 Å². The van der Waals surface area contributed by atoms with Crippen LogP contribution in [-0.2, 0) is 0 Å². The molecular formula is C60H39N3. The minimum Gasteiger partial charge on any atom is -0.309 e. The van der Waals surface area contributed by atoms with Crippen LogP contribution in [0, 0.1) is 0 Å². The van der Waals surface area contributed by atoms with Crippen LogP contribution >= 0.6 is 0 Å². The Bertz CT molecular complexity index is 3660. The van der Waals surface area contributed by atoms with Gasteiger partial charge in [-0.2, -0.15) is 0 Å². The lowest BCUT2D eigenvalue weighted by molar-refractivity contribution is 1.16. The quantitative estimate of drug-likeness (QED) is 0.150. The summed E-state index contributed by atoms with van der Waals surface area (Å²) in [6.07, 6.45) is 0. The van der Waals surface area contributed by atoms with Gasteiger partial charge in [-0.05, 0) is 103 Å². The van der Waals surface area contributed by atoms with Gasteiger partial charge < -0.3 is 4.57 Å². The fraction of sp³-hybridized carbons (Fsp3) is 0. The zero-order valence-electron chi connectivity index (χ0n) is 34.4. The molecule has 10 aromatic carbocycles. The number of aromatic nitrogens is 3. The summed E-state index contributed by atoms with van der Waals surface area (Å²) in [4.78, 5) is 10.7. The summed E-state index contributed by atoms with van der Waals surface area (Å²) in [5, 5.41) is 7.31. The molecule has 63 heavy (non-hydrogen) atoms. The monoisotopic (exact) mass is 801 g/mol. The fourth-order valence-corrected chi connectivity index (χ4v) is 9.34. The van der Waals surface area contributed by atoms with Gasteiger partial charge in [0.15, 0.2) is 5.82 Å². The molecule has 0 aliphatic carbocycles. The van der Waals surface area contributed by atoms with Crippen molar-refractivity contribution in [3.8, 4) is 73.0 Å². The van der Waals surface area contributed by atoms with Crippen LogP contribution in [0.15, 0.2) is 237 Å². The molecule has 12 aromatic rings. The smallest absolute Gasteiger partial charge is 0.160 e. The normalized spacial score (nSPS) is 11.5. The molecule has 0 saturated heterocycles. The Hall–Kier alpha value is -8.40. The lowest BCUT2D eigenvalue weighted by atomic mass is 9.91. The Morgan fingerprint density at radius 3 is 1.54 bits per heavy atom. The standard InChI is InChI=1S/C60H39N3/c1-4-17-40(18-5-1)43-24-16-25-46(33-43)56-39-57(62-60(61-56)42-21-8-3-9-22-42)48-34-47(55-37-45-23-10-11-26-50(45)51-27-12-13-28-52(51)55)35-49(36-48)63-58-30-15-14-29-53(58)54-32-31-44(38-59(54)63)41-19-6-2-7-20-41/h1-39H. The van der Waals surface area contributed by atoms with Crippen molar-refractivity contribution in [2.24, 2.45) is 0 Å². The maximum Gasteiger partial charge on any atom is 0.160 e. The lowest BCUT2D eigenvalue weighted by Gasteiger charge is -2.17. The highest BCUT2D eigenvalue weighted by molar-refractivity contribution is 6.14. The first-order valence-corrected chi connectivity index (χ1v) is 21.5. The molecule has 0 radical (unpaired) electrons. The summed E-state index contributed by atoms with van der Waals surface area (Å²) < 4.78 is 2.44. The van der Waals surface area contributed by atoms with Gasteiger partial charge in [0, 0.05) is 33.2 Å². The Morgan fingerprint density at radius 1 is 0.270 bits per heavy atom. The SMILES string of the molecule is c1ccc(-c2cccc(-c3cc(-c4cc(-c5cc6ccccc6c6ccccc56)cc(-n5c6ccccc6c6ccc(-c7ccccc7)cc65)c4)nc(-c4ccccc4)n3)c2)cc1. The molecule has 0 atom stereocenters. The van der Waals surface area contributed by atoms with Crippen molar-refractivity contribution < 1.29 is 0 Å². The van der Waals surface area contributed by atoms with Crippen molar-refractivity contribution in [2.45, 2.75) is 0 Å². The van der Waals surface area contributed by atoms with E-state index in [9.17, 15) is 0 Å². The number of para-hydroxylation sites is 1. The molecule has 0 bridgehead atoms. The third kappa shape index (κ3) is 6.55. The van der Waals surface area contributed by atoms with Crippen molar-refractivity contribution in [1.82, 2.24) is 14.5 Å². The van der Waals surface area contributed by atoms with Gasteiger partial charge in [0.05, 0.1) is 22.4 Å². The zero-order chi connectivity index (χ0) is 41.7. The first-order valence-electron chi connectivity index (χ1n) is 21.5. The number of nitrogens with zero attached hydrogens (tertiary/aromatic N) is 3. The Balaban J connectivity index is 1.15. The Morgan fingerprint density at radius 2 is 0.794 bits per heavy atom. The molecule has 0 aliphatic rings. The number of rotatable bonds is 7. The molecule has 2 aromatic heterocycles. The van der Waals surface area contributed by atoms with E-state index in [4.69, 9.17) is 9.97 Å². The molecule has 12 rings (SSSR count). The third-order valence-corrected chi connectivity index (χ3v) is 12.4. The van der Waals surface area contributed by atoms with Crippen molar-refractivity contribution in [2.75, 3.05) is 0 Å². The van der Waals surface area contributed by atoms with E-state index in [-0.39, 0.29) is 0 Å². The van der Waals surface area contributed by atoms with Crippen LogP contribution in [-0.4, -0.2) is 14.5 Å². The highest BCUT2D eigenvalue weighted by Crippen LogP contribution is 2.41. The summed E-state index contributed by atoms with van der Waals surface area (Å²) >= 11 is 0. The Labute approximate surface area is 365 Å². The molecule has 0 aliphatic heterocycles. The van der Waals surface area contributed by atoms with Crippen molar-refractivity contribution >= 4 is 43.4 Å². The highest BCUT2D eigenvalue weighted by Gasteiger charge is 2.19. The van der Waals surface area contributed by atoms with E-state index >= 15 is 0 Å². The highest BCUT2D eigenvalue weighted by atomic mass is 15.0. The molecule has 0 saturated carbocycles. The van der Waals surface area contributed by atoms with Crippen LogP contribution < -0.4 is 0 Å². The second-order valence-corrected chi connectivity index (χ2v) is 16.2. The van der Waals surface area contributed by atoms with Crippen molar-refractivity contribution in [3.63, 3.8) is 0 Å². The fourth-order valence-electron chi connectivity index (χ4n) is 9.34. The molecule has 2 heterocycles. The number of hydrogen-bond donors (Lipinski definition) is 0. The van der Waals surface area contributed by atoms with E-state index in [0.29, 0.717) is 5.82 Å². The molecule has 3 nitrogen and oxygen atoms in total. The van der Waals surface area contributed by atoms with E-state index < -0.39 is 0 Å². The van der Waals surface area contributed by atoms with Gasteiger partial charge in [-0.3, -0.25) is 0 Å². The van der Waals surface area contributed by atoms with Crippen LogP contribution in [0.1, 0.15) is 0 Å². The summed E-state index contributed by atoms with van der Waals surface area (Å²) in [5.74, 6) is 0.681. The van der Waals surface area contributed by atoms with E-state index in [1.807, 2.05) is 6.07 Å². The average molecular weight is 802 g/mol. The second-order valence-electron chi connectivity index (χ2n) is 16.2. The topological polar surface area (TPSA) is 30.7 Å². The first-order chi connectivity index (χ1) is 31.2. The average Bonchev–Trinajstić information content (AvgIpc) is 3.70. The van der Waals surface area contributed by atoms with Gasteiger partial charge in [-0.25, -0.2) is 9.97 Å². The number of hydrogen-bond acceptors (Lipinski definition) is 2. The molecule has 0 amide bonds. The Kier molecular flexibility index (Phi) is 8.83. The summed E-state index contributed by atoms with van der Waals surface area (Å²) in [6, 6.07) is 84.9. The predicted octanol–water partition coefficient (Wildman–Crippen LogP) is 15.9. The molecule has 0 N–H and O–H groups in total. The van der Waals surface area contributed by atoms with Crippen LogP contribution in [0.3, 0.4) is 0 Å². The van der Waals surface area contributed by atoms with E-state index in [1.54, 1.807) is 0 Å². The summed E-state index contributed by atoms with van der Waals surface area (Å²) in [6.45, 7) is 0. The van der Waals surface area contributed by atoms with Crippen molar-refractivity contribution in [1.29, 1.82) is 0 Å². The third-order valence-electron chi connectivity index (χ3n) is 12.4. The van der Waals surface area contributed by atoms with Gasteiger partial charge in [-0.15, -0.1) is 0 Å². The summed E-state index contributed by atoms with van der Waals surface area (Å²) in [5.41, 5.74) is 15.0. The van der Waals surface area contributed by atoms with Gasteiger partial charge in [0.25, 0.3) is 0 Å². The van der Waals surface area contributed by atoms with Gasteiger partial charge in [-0.1, -0.05) is 188 Å². The number of fused-ring (bicyclic) bond motifs is 6. The van der Waals surface area contributed by atoms with E-state index in [2.05, 4.69) is 235 Å². The molecule has 0 unspecified atom stereocenters. The minimum absolute atomic E-state index is 0.681.